The van der Waals surface area contributed by atoms with E-state index in [0.717, 1.165) is 4.68 Å². The van der Waals surface area contributed by atoms with E-state index >= 15 is 0 Å². The van der Waals surface area contributed by atoms with Crippen LogP contribution in [-0.2, 0) is 11.3 Å². The number of likely N-dealkylation sites (tertiary alicyclic amines) is 1. The van der Waals surface area contributed by atoms with Crippen LogP contribution < -0.4 is 5.69 Å². The van der Waals surface area contributed by atoms with Crippen molar-refractivity contribution >= 4 is 11.6 Å². The second-order valence-corrected chi connectivity index (χ2v) is 5.88. The van der Waals surface area contributed by atoms with Crippen LogP contribution in [0.5, 0.6) is 0 Å². The number of hydrogen-bond acceptors (Lipinski definition) is 4. The number of β-amino-alcohol motifs (C(OH)–C–C–N with tert-alkyl or cyclic N) is 1. The van der Waals surface area contributed by atoms with Crippen LogP contribution in [-0.4, -0.2) is 48.8 Å². The Morgan fingerprint density at radius 2 is 2.14 bits per heavy atom. The number of aromatic nitrogens is 3. The first-order valence-corrected chi connectivity index (χ1v) is 6.95. The molecule has 3 heterocycles. The van der Waals surface area contributed by atoms with Crippen molar-refractivity contribution in [3.8, 4) is 0 Å². The van der Waals surface area contributed by atoms with Crippen molar-refractivity contribution in [1.29, 1.82) is 0 Å². The van der Waals surface area contributed by atoms with Crippen LogP contribution in [0.4, 0.5) is 0 Å². The summed E-state index contributed by atoms with van der Waals surface area (Å²) in [6.45, 7) is 4.37. The summed E-state index contributed by atoms with van der Waals surface area (Å²) in [5, 5.41) is 14.3. The normalized spacial score (nSPS) is 17.2. The molecule has 7 heteroatoms. The minimum atomic E-state index is -0.806. The third-order valence-corrected chi connectivity index (χ3v) is 4.13. The summed E-state index contributed by atoms with van der Waals surface area (Å²) >= 11 is 0. The number of aliphatic hydroxyl groups is 1. The monoisotopic (exact) mass is 290 g/mol. The Morgan fingerprint density at radius 1 is 1.43 bits per heavy atom. The number of nitrogens with zero attached hydrogens (tertiary/aromatic N) is 4. The predicted octanol–water partition coefficient (Wildman–Crippen LogP) is -0.275. The molecule has 0 saturated carbocycles. The van der Waals surface area contributed by atoms with Crippen molar-refractivity contribution in [2.45, 2.75) is 26.0 Å². The lowest BCUT2D eigenvalue weighted by Gasteiger charge is -2.48. The van der Waals surface area contributed by atoms with Crippen molar-refractivity contribution in [1.82, 2.24) is 19.1 Å². The van der Waals surface area contributed by atoms with Gasteiger partial charge in [0.25, 0.3) is 0 Å². The van der Waals surface area contributed by atoms with Gasteiger partial charge >= 0.3 is 5.69 Å². The molecule has 0 spiro atoms. The maximum atomic E-state index is 12.1. The summed E-state index contributed by atoms with van der Waals surface area (Å²) in [5.74, 6) is -0.106. The van der Waals surface area contributed by atoms with E-state index in [1.807, 2.05) is 13.8 Å². The second-order valence-electron chi connectivity index (χ2n) is 5.88. The zero-order chi connectivity index (χ0) is 15.2. The molecule has 3 rings (SSSR count). The zero-order valence-corrected chi connectivity index (χ0v) is 12.1. The van der Waals surface area contributed by atoms with Gasteiger partial charge in [-0.1, -0.05) is 19.9 Å². The van der Waals surface area contributed by atoms with E-state index in [1.54, 1.807) is 29.3 Å². The fourth-order valence-corrected chi connectivity index (χ4v) is 2.46. The third-order valence-electron chi connectivity index (χ3n) is 4.13. The second kappa shape index (κ2) is 4.70. The Morgan fingerprint density at radius 3 is 2.76 bits per heavy atom. The Hall–Kier alpha value is -2.15. The van der Waals surface area contributed by atoms with E-state index in [9.17, 15) is 14.7 Å². The SMILES string of the molecule is CC(C)C1(O)CN(C(=O)Cn2nc3ccccn3c2=O)C1. The largest absolute Gasteiger partial charge is 0.386 e. The number of carbonyl (C=O) groups excluding carboxylic acids is 1. The molecule has 2 aromatic rings. The molecule has 0 radical (unpaired) electrons. The maximum absolute atomic E-state index is 12.1. The summed E-state index contributed by atoms with van der Waals surface area (Å²) in [7, 11) is 0. The fourth-order valence-electron chi connectivity index (χ4n) is 2.46. The van der Waals surface area contributed by atoms with Crippen LogP contribution >= 0.6 is 0 Å². The average molecular weight is 290 g/mol. The molecular formula is C14H18N4O3. The van der Waals surface area contributed by atoms with Gasteiger partial charge in [-0.25, -0.2) is 9.48 Å². The molecule has 7 nitrogen and oxygen atoms in total. The lowest BCUT2D eigenvalue weighted by Crippen LogP contribution is -2.66. The van der Waals surface area contributed by atoms with Gasteiger partial charge in [-0.3, -0.25) is 9.20 Å². The molecule has 112 valence electrons. The molecular weight excluding hydrogens is 272 g/mol. The molecule has 0 unspecified atom stereocenters. The van der Waals surface area contributed by atoms with Crippen LogP contribution in [0.15, 0.2) is 29.2 Å². The zero-order valence-electron chi connectivity index (χ0n) is 12.1. The van der Waals surface area contributed by atoms with Gasteiger partial charge in [0, 0.05) is 6.20 Å². The standard InChI is InChI=1S/C14H18N4O3/c1-10(2)14(21)8-16(9-14)12(19)7-18-13(20)17-6-4-3-5-11(17)15-18/h3-6,10,21H,7-9H2,1-2H3. The molecule has 1 fully saturated rings. The van der Waals surface area contributed by atoms with Gasteiger partial charge in [0.05, 0.1) is 13.1 Å². The van der Waals surface area contributed by atoms with Gasteiger partial charge in [0.2, 0.25) is 5.91 Å². The molecule has 21 heavy (non-hydrogen) atoms. The van der Waals surface area contributed by atoms with Crippen molar-refractivity contribution < 1.29 is 9.90 Å². The summed E-state index contributed by atoms with van der Waals surface area (Å²) in [6, 6.07) is 5.23. The smallest absolute Gasteiger partial charge is 0.350 e. The van der Waals surface area contributed by atoms with Crippen LogP contribution in [0.2, 0.25) is 0 Å². The van der Waals surface area contributed by atoms with Crippen LogP contribution in [0.25, 0.3) is 5.65 Å². The first-order chi connectivity index (χ1) is 9.90. The van der Waals surface area contributed by atoms with Crippen LogP contribution in [0.1, 0.15) is 13.8 Å². The van der Waals surface area contributed by atoms with Crippen molar-refractivity contribution in [2.24, 2.45) is 5.92 Å². The average Bonchev–Trinajstić information content (AvgIpc) is 2.72. The van der Waals surface area contributed by atoms with Crippen molar-refractivity contribution in [2.75, 3.05) is 13.1 Å². The number of amides is 1. The molecule has 1 aliphatic rings. The van der Waals surface area contributed by atoms with E-state index in [1.165, 1.54) is 4.40 Å². The lowest BCUT2D eigenvalue weighted by atomic mass is 9.83. The van der Waals surface area contributed by atoms with Crippen LogP contribution in [0, 0.1) is 5.92 Å². The molecule has 0 aliphatic carbocycles. The highest BCUT2D eigenvalue weighted by Gasteiger charge is 2.45. The molecule has 1 saturated heterocycles. The predicted molar refractivity (Wildman–Crippen MR) is 75.8 cm³/mol. The Balaban J connectivity index is 1.74. The molecule has 0 bridgehead atoms. The van der Waals surface area contributed by atoms with Gasteiger partial charge in [-0.2, -0.15) is 0 Å². The summed E-state index contributed by atoms with van der Waals surface area (Å²) in [5.41, 5.74) is -0.629. The molecule has 0 aromatic carbocycles. The Bertz CT molecular complexity index is 740. The Labute approximate surface area is 121 Å². The van der Waals surface area contributed by atoms with E-state index in [0.29, 0.717) is 18.7 Å². The third kappa shape index (κ3) is 2.23. The van der Waals surface area contributed by atoms with Gasteiger partial charge < -0.3 is 10.0 Å². The topological polar surface area (TPSA) is 79.8 Å². The van der Waals surface area contributed by atoms with Crippen LogP contribution in [0.3, 0.4) is 0 Å². The Kier molecular flexibility index (Phi) is 3.09. The minimum Gasteiger partial charge on any atom is -0.386 e. The maximum Gasteiger partial charge on any atom is 0.350 e. The van der Waals surface area contributed by atoms with Gasteiger partial charge in [-0.15, -0.1) is 5.10 Å². The molecule has 1 amide bonds. The quantitative estimate of drug-likeness (QED) is 0.843. The molecule has 2 aromatic heterocycles. The van der Waals surface area contributed by atoms with E-state index < -0.39 is 5.60 Å². The van der Waals surface area contributed by atoms with E-state index in [4.69, 9.17) is 0 Å². The first kappa shape index (κ1) is 13.8. The van der Waals surface area contributed by atoms with Crippen molar-refractivity contribution in [3.63, 3.8) is 0 Å². The highest BCUT2D eigenvalue weighted by Crippen LogP contribution is 2.28. The van der Waals surface area contributed by atoms with Gasteiger partial charge in [0.1, 0.15) is 12.1 Å². The number of rotatable bonds is 3. The number of carbonyl (C=O) groups is 1. The fraction of sp³-hybridized carbons (Fsp3) is 0.500. The molecule has 1 aliphatic heterocycles. The summed E-state index contributed by atoms with van der Waals surface area (Å²) < 4.78 is 2.55. The highest BCUT2D eigenvalue weighted by atomic mass is 16.3. The van der Waals surface area contributed by atoms with Gasteiger partial charge in [0.15, 0.2) is 5.65 Å². The number of hydrogen-bond donors (Lipinski definition) is 1. The molecule has 0 atom stereocenters. The van der Waals surface area contributed by atoms with E-state index in [-0.39, 0.29) is 24.1 Å². The van der Waals surface area contributed by atoms with Crippen molar-refractivity contribution in [3.05, 3.63) is 34.9 Å². The summed E-state index contributed by atoms with van der Waals surface area (Å²) in [4.78, 5) is 25.8. The number of fused-ring (bicyclic) bond motifs is 1. The summed E-state index contributed by atoms with van der Waals surface area (Å²) in [6.07, 6.45) is 1.62. The highest BCUT2D eigenvalue weighted by molar-refractivity contribution is 5.77. The van der Waals surface area contributed by atoms with Gasteiger partial charge in [-0.05, 0) is 18.1 Å². The minimum absolute atomic E-state index is 0.0967. The lowest BCUT2D eigenvalue weighted by molar-refractivity contribution is -0.164. The number of pyridine rings is 1. The molecule has 1 N–H and O–H groups in total. The van der Waals surface area contributed by atoms with E-state index in [2.05, 4.69) is 5.10 Å². The first-order valence-electron chi connectivity index (χ1n) is 6.95.